The molecule has 0 bridgehead atoms. The molecule has 2 nitrogen and oxygen atoms in total. The van der Waals surface area contributed by atoms with Crippen LogP contribution in [0.5, 0.6) is 0 Å². The van der Waals surface area contributed by atoms with Crippen LogP contribution in [0, 0.1) is 13.0 Å². The average Bonchev–Trinajstić information content (AvgIpc) is 2.04. The molecule has 0 aliphatic heterocycles. The standard InChI is InChI=1S/C9H10NO/c1-8-5-3-4-6-9(8)10(2)7-11/h4-7H,1-2H3. The zero-order valence-corrected chi connectivity index (χ0v) is 6.66. The van der Waals surface area contributed by atoms with E-state index < -0.39 is 0 Å². The molecular weight excluding hydrogens is 138 g/mol. The number of anilines is 1. The molecule has 11 heavy (non-hydrogen) atoms. The summed E-state index contributed by atoms with van der Waals surface area (Å²) in [7, 11) is 1.73. The van der Waals surface area contributed by atoms with Gasteiger partial charge in [0.25, 0.3) is 0 Å². The normalized spacial score (nSPS) is 9.27. The molecule has 1 radical (unpaired) electrons. The fraction of sp³-hybridized carbons (Fsp3) is 0.222. The van der Waals surface area contributed by atoms with Gasteiger partial charge in [0.15, 0.2) is 0 Å². The molecule has 0 atom stereocenters. The lowest BCUT2D eigenvalue weighted by Crippen LogP contribution is -2.14. The summed E-state index contributed by atoms with van der Waals surface area (Å²) in [5.41, 5.74) is 1.99. The van der Waals surface area contributed by atoms with Gasteiger partial charge >= 0.3 is 0 Å². The van der Waals surface area contributed by atoms with Gasteiger partial charge in [0, 0.05) is 12.7 Å². The predicted octanol–water partition coefficient (Wildman–Crippen LogP) is 1.39. The summed E-state index contributed by atoms with van der Waals surface area (Å²) in [6.07, 6.45) is 0.794. The molecule has 57 valence electrons. The maximum atomic E-state index is 10.4. The Labute approximate surface area is 66.4 Å². The maximum Gasteiger partial charge on any atom is 0.213 e. The van der Waals surface area contributed by atoms with Crippen molar-refractivity contribution in [1.29, 1.82) is 0 Å². The van der Waals surface area contributed by atoms with E-state index in [2.05, 4.69) is 6.07 Å². The van der Waals surface area contributed by atoms with Crippen LogP contribution in [0.4, 0.5) is 5.69 Å². The summed E-state index contributed by atoms with van der Waals surface area (Å²) < 4.78 is 0. The Bertz CT molecular complexity index is 257. The van der Waals surface area contributed by atoms with Gasteiger partial charge in [0.2, 0.25) is 6.41 Å². The van der Waals surface area contributed by atoms with E-state index >= 15 is 0 Å². The highest BCUT2D eigenvalue weighted by Crippen LogP contribution is 2.15. The lowest BCUT2D eigenvalue weighted by Gasteiger charge is -2.12. The predicted molar refractivity (Wildman–Crippen MR) is 44.5 cm³/mol. The molecule has 2 heteroatoms. The van der Waals surface area contributed by atoms with Crippen molar-refractivity contribution in [3.8, 4) is 0 Å². The topological polar surface area (TPSA) is 20.3 Å². The van der Waals surface area contributed by atoms with Crippen molar-refractivity contribution in [1.82, 2.24) is 0 Å². The molecule has 0 aliphatic rings. The van der Waals surface area contributed by atoms with Crippen LogP contribution in [-0.2, 0) is 4.79 Å². The van der Waals surface area contributed by atoms with Gasteiger partial charge < -0.3 is 4.90 Å². The van der Waals surface area contributed by atoms with Crippen LogP contribution in [0.25, 0.3) is 0 Å². The third kappa shape index (κ3) is 1.58. The Hall–Kier alpha value is -1.31. The molecule has 0 fully saturated rings. The highest BCUT2D eigenvalue weighted by Gasteiger charge is 1.99. The Balaban J connectivity index is 3.02. The van der Waals surface area contributed by atoms with E-state index in [-0.39, 0.29) is 0 Å². The van der Waals surface area contributed by atoms with Crippen LogP contribution < -0.4 is 4.90 Å². The molecule has 1 amide bonds. The zero-order valence-electron chi connectivity index (χ0n) is 6.66. The molecule has 0 saturated carbocycles. The summed E-state index contributed by atoms with van der Waals surface area (Å²) in [5, 5.41) is 0. The monoisotopic (exact) mass is 148 g/mol. The van der Waals surface area contributed by atoms with Crippen molar-refractivity contribution in [2.75, 3.05) is 11.9 Å². The van der Waals surface area contributed by atoms with Crippen LogP contribution in [0.15, 0.2) is 18.2 Å². The number of aryl methyl sites for hydroxylation is 1. The van der Waals surface area contributed by atoms with Gasteiger partial charge in [-0.15, -0.1) is 0 Å². The minimum absolute atomic E-state index is 0.794. The Morgan fingerprint density at radius 2 is 2.36 bits per heavy atom. The van der Waals surface area contributed by atoms with E-state index in [4.69, 9.17) is 0 Å². The highest BCUT2D eigenvalue weighted by atomic mass is 16.1. The van der Waals surface area contributed by atoms with E-state index in [9.17, 15) is 4.79 Å². The second kappa shape index (κ2) is 3.19. The quantitative estimate of drug-likeness (QED) is 0.580. The molecule has 1 aromatic carbocycles. The number of benzene rings is 1. The van der Waals surface area contributed by atoms with Crippen LogP contribution in [0.1, 0.15) is 5.56 Å². The zero-order chi connectivity index (χ0) is 8.27. The summed E-state index contributed by atoms with van der Waals surface area (Å²) >= 11 is 0. The van der Waals surface area contributed by atoms with Crippen molar-refractivity contribution >= 4 is 12.1 Å². The number of hydrogen-bond donors (Lipinski definition) is 0. The van der Waals surface area contributed by atoms with E-state index in [1.54, 1.807) is 18.0 Å². The van der Waals surface area contributed by atoms with Crippen LogP contribution in [0.3, 0.4) is 0 Å². The number of carbonyl (C=O) groups excluding carboxylic acids is 1. The molecule has 1 aromatic rings. The molecule has 0 unspecified atom stereocenters. The third-order valence-corrected chi connectivity index (χ3v) is 1.58. The second-order valence-corrected chi connectivity index (χ2v) is 2.43. The summed E-state index contributed by atoms with van der Waals surface area (Å²) in [6, 6.07) is 8.45. The highest BCUT2D eigenvalue weighted by molar-refractivity contribution is 5.75. The summed E-state index contributed by atoms with van der Waals surface area (Å²) in [6.45, 7) is 1.95. The van der Waals surface area contributed by atoms with Gasteiger partial charge in [-0.1, -0.05) is 6.07 Å². The average molecular weight is 148 g/mol. The number of carbonyl (C=O) groups is 1. The first-order valence-corrected chi connectivity index (χ1v) is 3.40. The van der Waals surface area contributed by atoms with Crippen molar-refractivity contribution in [2.45, 2.75) is 6.92 Å². The van der Waals surface area contributed by atoms with Gasteiger partial charge in [-0.2, -0.15) is 0 Å². The number of hydrogen-bond acceptors (Lipinski definition) is 1. The number of amides is 1. The first-order valence-electron chi connectivity index (χ1n) is 3.40. The molecule has 1 rings (SSSR count). The SMILES string of the molecule is Cc1c[c]ccc1N(C)C=O. The minimum Gasteiger partial charge on any atom is -0.318 e. The molecular formula is C9H10NO. The lowest BCUT2D eigenvalue weighted by molar-refractivity contribution is -0.107. The lowest BCUT2D eigenvalue weighted by atomic mass is 10.2. The van der Waals surface area contributed by atoms with Crippen molar-refractivity contribution in [3.63, 3.8) is 0 Å². The van der Waals surface area contributed by atoms with Gasteiger partial charge in [0.05, 0.1) is 0 Å². The fourth-order valence-corrected chi connectivity index (χ4v) is 0.958. The first-order chi connectivity index (χ1) is 5.25. The molecule has 0 aromatic heterocycles. The maximum absolute atomic E-state index is 10.4. The van der Waals surface area contributed by atoms with E-state index in [0.717, 1.165) is 17.7 Å². The van der Waals surface area contributed by atoms with Crippen LogP contribution in [-0.4, -0.2) is 13.5 Å². The largest absolute Gasteiger partial charge is 0.318 e. The van der Waals surface area contributed by atoms with E-state index in [1.807, 2.05) is 19.1 Å². The fourth-order valence-electron chi connectivity index (χ4n) is 0.958. The molecule has 0 aliphatic carbocycles. The van der Waals surface area contributed by atoms with Gasteiger partial charge in [0.1, 0.15) is 0 Å². The number of rotatable bonds is 2. The molecule has 0 saturated heterocycles. The van der Waals surface area contributed by atoms with E-state index in [0.29, 0.717) is 0 Å². The second-order valence-electron chi connectivity index (χ2n) is 2.43. The van der Waals surface area contributed by atoms with Crippen molar-refractivity contribution < 1.29 is 4.79 Å². The van der Waals surface area contributed by atoms with Crippen LogP contribution in [0.2, 0.25) is 0 Å². The summed E-state index contributed by atoms with van der Waals surface area (Å²) in [4.78, 5) is 11.9. The van der Waals surface area contributed by atoms with Gasteiger partial charge in [-0.3, -0.25) is 4.79 Å². The molecule has 0 spiro atoms. The smallest absolute Gasteiger partial charge is 0.213 e. The first kappa shape index (κ1) is 7.79. The van der Waals surface area contributed by atoms with Gasteiger partial charge in [-0.25, -0.2) is 0 Å². The van der Waals surface area contributed by atoms with Crippen molar-refractivity contribution in [2.24, 2.45) is 0 Å². The van der Waals surface area contributed by atoms with Crippen molar-refractivity contribution in [3.05, 3.63) is 29.8 Å². The molecule has 0 N–H and O–H groups in total. The Morgan fingerprint density at radius 3 is 2.91 bits per heavy atom. The minimum atomic E-state index is 0.794. The Morgan fingerprint density at radius 1 is 1.64 bits per heavy atom. The number of nitrogens with zero attached hydrogens (tertiary/aromatic N) is 1. The van der Waals surface area contributed by atoms with Crippen LogP contribution >= 0.6 is 0 Å². The van der Waals surface area contributed by atoms with E-state index in [1.165, 1.54) is 0 Å². The third-order valence-electron chi connectivity index (χ3n) is 1.58. The summed E-state index contributed by atoms with van der Waals surface area (Å²) in [5.74, 6) is 0. The van der Waals surface area contributed by atoms with Gasteiger partial charge in [-0.05, 0) is 30.7 Å². The molecule has 0 heterocycles. The Kier molecular flexibility index (Phi) is 2.26.